The Hall–Kier alpha value is -5.60. The van der Waals surface area contributed by atoms with Crippen molar-refractivity contribution >= 4 is 29.6 Å². The van der Waals surface area contributed by atoms with Crippen LogP contribution in [0.4, 0.5) is 11.4 Å². The number of fused-ring (bicyclic) bond motifs is 6. The Labute approximate surface area is 283 Å². The highest BCUT2D eigenvalue weighted by atomic mass is 14.9. The maximum atomic E-state index is 3.99. The standard InChI is InChI=1S/C46H33BN/c1-29-26-37(44-38(27-29)36-28-30-14-8-9-19-33(30)34-20-13-24-41(47-44)43(34)36)35-21-12-23-40-45(35)48-42-25-11-10-22-39(42)46(40,31-15-4-2-5-16-31)32-17-6-3-7-18-32/h2-27,36,48H,28H2,1H3. The number of rotatable bonds is 3. The first kappa shape index (κ1) is 27.5. The highest BCUT2D eigenvalue weighted by Gasteiger charge is 2.45. The van der Waals surface area contributed by atoms with Crippen molar-refractivity contribution in [3.05, 3.63) is 202 Å². The maximum Gasteiger partial charge on any atom is 0.193 e. The number of para-hydroxylation sites is 2. The molecule has 2 aliphatic heterocycles. The van der Waals surface area contributed by atoms with Gasteiger partial charge in [0.1, 0.15) is 0 Å². The van der Waals surface area contributed by atoms with Gasteiger partial charge in [0.05, 0.1) is 11.1 Å². The number of nitrogens with one attached hydrogen (secondary N) is 1. The van der Waals surface area contributed by atoms with E-state index < -0.39 is 5.41 Å². The number of aryl methyl sites for hydroxylation is 1. The SMILES string of the molecule is Cc1cc(-c2cccc3c2Nc2ccccc2C3(c2ccccc2)c2ccccc2)c2c(c1)C1Cc3ccccc3-c3cccc(c31)[B]2. The fraction of sp³-hybridized carbons (Fsp3) is 0.0870. The molecular weight excluding hydrogens is 577 g/mol. The van der Waals surface area contributed by atoms with E-state index in [2.05, 4.69) is 177 Å². The first-order valence-corrected chi connectivity index (χ1v) is 17.0. The summed E-state index contributed by atoms with van der Waals surface area (Å²) in [6, 6.07) is 58.6. The second-order valence-electron chi connectivity index (χ2n) is 13.6. The van der Waals surface area contributed by atoms with Crippen molar-refractivity contribution in [1.29, 1.82) is 0 Å². The first-order valence-electron chi connectivity index (χ1n) is 17.0. The van der Waals surface area contributed by atoms with Crippen LogP contribution in [-0.4, -0.2) is 7.28 Å². The van der Waals surface area contributed by atoms with Crippen LogP contribution in [0.5, 0.6) is 0 Å². The van der Waals surface area contributed by atoms with Gasteiger partial charge < -0.3 is 5.32 Å². The highest BCUT2D eigenvalue weighted by Crippen LogP contribution is 2.55. The normalized spacial score (nSPS) is 15.8. The van der Waals surface area contributed by atoms with Crippen LogP contribution in [0.25, 0.3) is 22.3 Å². The lowest BCUT2D eigenvalue weighted by Gasteiger charge is -2.43. The molecule has 48 heavy (non-hydrogen) atoms. The Morgan fingerprint density at radius 3 is 2.04 bits per heavy atom. The summed E-state index contributed by atoms with van der Waals surface area (Å²) in [5.41, 5.74) is 20.6. The van der Waals surface area contributed by atoms with Crippen LogP contribution in [0.1, 0.15) is 50.4 Å². The molecule has 0 amide bonds. The molecule has 1 aliphatic carbocycles. The summed E-state index contributed by atoms with van der Waals surface area (Å²) < 4.78 is 0. The summed E-state index contributed by atoms with van der Waals surface area (Å²) in [5, 5.41) is 3.99. The summed E-state index contributed by atoms with van der Waals surface area (Å²) in [4.78, 5) is 0. The van der Waals surface area contributed by atoms with Crippen molar-refractivity contribution in [2.24, 2.45) is 0 Å². The van der Waals surface area contributed by atoms with Crippen LogP contribution in [-0.2, 0) is 11.8 Å². The fourth-order valence-electron chi connectivity index (χ4n) is 9.12. The molecule has 7 aromatic carbocycles. The molecule has 0 saturated heterocycles. The second-order valence-corrected chi connectivity index (χ2v) is 13.6. The maximum absolute atomic E-state index is 3.99. The summed E-state index contributed by atoms with van der Waals surface area (Å²) in [6.07, 6.45) is 1.02. The third-order valence-electron chi connectivity index (χ3n) is 11.0. The van der Waals surface area contributed by atoms with E-state index in [4.69, 9.17) is 0 Å². The third-order valence-corrected chi connectivity index (χ3v) is 11.0. The predicted molar refractivity (Wildman–Crippen MR) is 201 cm³/mol. The van der Waals surface area contributed by atoms with E-state index in [0.29, 0.717) is 5.92 Å². The van der Waals surface area contributed by atoms with Crippen molar-refractivity contribution in [2.45, 2.75) is 24.7 Å². The molecule has 0 fully saturated rings. The zero-order chi connectivity index (χ0) is 31.8. The van der Waals surface area contributed by atoms with E-state index in [1.54, 1.807) is 0 Å². The van der Waals surface area contributed by atoms with Crippen LogP contribution in [0.2, 0.25) is 0 Å². The molecule has 3 aliphatic rings. The van der Waals surface area contributed by atoms with Gasteiger partial charge in [0.25, 0.3) is 0 Å². The van der Waals surface area contributed by atoms with Gasteiger partial charge in [-0.3, -0.25) is 0 Å². The number of hydrogen-bond acceptors (Lipinski definition) is 1. The quantitative estimate of drug-likeness (QED) is 0.197. The lowest BCUT2D eigenvalue weighted by molar-refractivity contribution is 0.741. The van der Waals surface area contributed by atoms with Crippen molar-refractivity contribution in [3.8, 4) is 22.3 Å². The van der Waals surface area contributed by atoms with Gasteiger partial charge in [0.2, 0.25) is 0 Å². The Balaban J connectivity index is 1.25. The third kappa shape index (κ3) is 3.81. The largest absolute Gasteiger partial charge is 0.354 e. The average molecular weight is 611 g/mol. The zero-order valence-corrected chi connectivity index (χ0v) is 26.9. The molecule has 0 saturated carbocycles. The Morgan fingerprint density at radius 2 is 1.23 bits per heavy atom. The number of benzene rings is 7. The summed E-state index contributed by atoms with van der Waals surface area (Å²) in [5.74, 6) is 0.325. The van der Waals surface area contributed by atoms with Crippen LogP contribution in [0, 0.1) is 6.92 Å². The van der Waals surface area contributed by atoms with Gasteiger partial charge in [-0.2, -0.15) is 0 Å². The molecule has 1 nitrogen and oxygen atoms in total. The van der Waals surface area contributed by atoms with E-state index in [0.717, 1.165) is 12.1 Å². The van der Waals surface area contributed by atoms with E-state index in [9.17, 15) is 0 Å². The molecule has 1 N–H and O–H groups in total. The fourth-order valence-corrected chi connectivity index (χ4v) is 9.12. The molecule has 2 heteroatoms. The minimum Gasteiger partial charge on any atom is -0.354 e. The van der Waals surface area contributed by atoms with Crippen LogP contribution >= 0.6 is 0 Å². The van der Waals surface area contributed by atoms with Crippen LogP contribution in [0.15, 0.2) is 158 Å². The van der Waals surface area contributed by atoms with E-state index in [-0.39, 0.29) is 0 Å². The van der Waals surface area contributed by atoms with Gasteiger partial charge in [-0.15, -0.1) is 0 Å². The van der Waals surface area contributed by atoms with E-state index in [1.165, 1.54) is 83.4 Å². The molecule has 225 valence electrons. The molecule has 1 unspecified atom stereocenters. The molecule has 0 aromatic heterocycles. The van der Waals surface area contributed by atoms with E-state index in [1.807, 2.05) is 0 Å². The molecular formula is C46H33BN. The lowest BCUT2D eigenvalue weighted by atomic mass is 9.50. The molecule has 0 bridgehead atoms. The summed E-state index contributed by atoms with van der Waals surface area (Å²) in [7, 11) is 2.46. The molecule has 1 radical (unpaired) electrons. The monoisotopic (exact) mass is 610 g/mol. The summed E-state index contributed by atoms with van der Waals surface area (Å²) >= 11 is 0. The van der Waals surface area contributed by atoms with Crippen molar-refractivity contribution in [2.75, 3.05) is 5.32 Å². The highest BCUT2D eigenvalue weighted by molar-refractivity contribution is 6.70. The average Bonchev–Trinajstić information content (AvgIpc) is 3.14. The van der Waals surface area contributed by atoms with E-state index >= 15 is 0 Å². The summed E-state index contributed by atoms with van der Waals surface area (Å²) in [6.45, 7) is 2.26. The number of hydrogen-bond donors (Lipinski definition) is 1. The zero-order valence-electron chi connectivity index (χ0n) is 26.9. The van der Waals surface area contributed by atoms with Crippen LogP contribution < -0.4 is 16.2 Å². The minimum absolute atomic E-state index is 0.325. The predicted octanol–water partition coefficient (Wildman–Crippen LogP) is 9.43. The van der Waals surface area contributed by atoms with Gasteiger partial charge >= 0.3 is 0 Å². The molecule has 0 spiro atoms. The Bertz CT molecular complexity index is 2350. The second kappa shape index (κ2) is 10.5. The minimum atomic E-state index is -0.488. The van der Waals surface area contributed by atoms with Gasteiger partial charge in [-0.1, -0.05) is 168 Å². The lowest BCUT2D eigenvalue weighted by Crippen LogP contribution is -2.42. The number of anilines is 2. The molecule has 1 atom stereocenters. The van der Waals surface area contributed by atoms with Gasteiger partial charge in [-0.05, 0) is 75.0 Å². The van der Waals surface area contributed by atoms with Crippen molar-refractivity contribution < 1.29 is 0 Å². The molecule has 2 heterocycles. The van der Waals surface area contributed by atoms with Crippen molar-refractivity contribution in [1.82, 2.24) is 0 Å². The Morgan fingerprint density at radius 1 is 0.583 bits per heavy atom. The smallest absolute Gasteiger partial charge is 0.193 e. The molecule has 7 aromatic rings. The van der Waals surface area contributed by atoms with Crippen LogP contribution in [0.3, 0.4) is 0 Å². The van der Waals surface area contributed by atoms with Gasteiger partial charge in [0.15, 0.2) is 7.28 Å². The van der Waals surface area contributed by atoms with Crippen molar-refractivity contribution in [3.63, 3.8) is 0 Å². The van der Waals surface area contributed by atoms with Gasteiger partial charge in [-0.25, -0.2) is 0 Å². The Kier molecular flexibility index (Phi) is 5.99. The topological polar surface area (TPSA) is 12.0 Å². The molecule has 10 rings (SSSR count). The first-order chi connectivity index (χ1) is 23.7. The van der Waals surface area contributed by atoms with Gasteiger partial charge in [0, 0.05) is 17.2 Å².